The first-order valence-corrected chi connectivity index (χ1v) is 7.49. The van der Waals surface area contributed by atoms with Crippen LogP contribution in [-0.2, 0) is 4.74 Å². The van der Waals surface area contributed by atoms with Gasteiger partial charge in [-0.1, -0.05) is 0 Å². The molecule has 0 aromatic heterocycles. The molecular weight excluding hydrogens is 330 g/mol. The quantitative estimate of drug-likeness (QED) is 0.201. The molecule has 11 heteroatoms. The van der Waals surface area contributed by atoms with Gasteiger partial charge < -0.3 is 50.7 Å². The minimum Gasteiger partial charge on any atom is -0.394 e. The highest BCUT2D eigenvalue weighted by Crippen LogP contribution is 2.23. The fourth-order valence-electron chi connectivity index (χ4n) is 2.52. The van der Waals surface area contributed by atoms with Gasteiger partial charge in [0.2, 0.25) is 0 Å². The Morgan fingerprint density at radius 2 is 1.42 bits per heavy atom. The Morgan fingerprint density at radius 3 is 1.92 bits per heavy atom. The molecule has 0 aliphatic carbocycles. The van der Waals surface area contributed by atoms with E-state index in [1.807, 2.05) is 0 Å². The molecule has 9 atom stereocenters. The van der Waals surface area contributed by atoms with Gasteiger partial charge in [-0.3, -0.25) is 4.90 Å². The Bertz CT molecular complexity index is 373. The second kappa shape index (κ2) is 9.31. The summed E-state index contributed by atoms with van der Waals surface area (Å²) in [6.07, 6.45) is -13.8. The van der Waals surface area contributed by atoms with E-state index < -0.39 is 68.3 Å². The number of likely N-dealkylation sites (N-methyl/N-ethyl adjacent to an activating group) is 1. The van der Waals surface area contributed by atoms with Gasteiger partial charge in [0.15, 0.2) is 0 Å². The van der Waals surface area contributed by atoms with E-state index in [-0.39, 0.29) is 6.54 Å². The van der Waals surface area contributed by atoms with Gasteiger partial charge in [0.05, 0.1) is 19.3 Å². The predicted octanol–water partition coefficient (Wildman–Crippen LogP) is -5.85. The van der Waals surface area contributed by atoms with Crippen molar-refractivity contribution in [2.24, 2.45) is 0 Å². The summed E-state index contributed by atoms with van der Waals surface area (Å²) in [7, 11) is 1.37. The fourth-order valence-corrected chi connectivity index (χ4v) is 2.52. The highest BCUT2D eigenvalue weighted by Gasteiger charge is 2.45. The maximum absolute atomic E-state index is 9.95. The molecule has 11 nitrogen and oxygen atoms in total. The molecule has 0 aromatic carbocycles. The highest BCUT2D eigenvalue weighted by atomic mass is 16.6. The molecule has 0 amide bonds. The fraction of sp³-hybridized carbons (Fsp3) is 1.00. The van der Waals surface area contributed by atoms with Gasteiger partial charge in [-0.15, -0.1) is 0 Å². The molecule has 24 heavy (non-hydrogen) atoms. The van der Waals surface area contributed by atoms with Crippen LogP contribution in [0.1, 0.15) is 0 Å². The molecule has 0 spiro atoms. The van der Waals surface area contributed by atoms with Crippen LogP contribution in [-0.4, -0.2) is 133 Å². The average molecular weight is 357 g/mol. The third-order valence-corrected chi connectivity index (χ3v) is 4.10. The number of aliphatic hydroxyl groups excluding tert-OH is 9. The molecule has 0 bridgehead atoms. The summed E-state index contributed by atoms with van der Waals surface area (Å²) in [6, 6.07) is 0. The van der Waals surface area contributed by atoms with Crippen molar-refractivity contribution in [3.8, 4) is 0 Å². The van der Waals surface area contributed by atoms with E-state index in [1.54, 1.807) is 0 Å². The standard InChI is InChI=1S/C13H27NO10/c1-14(2-5(17)8(19)9(20)6(18)3-15)13-12(23)11(22)10(21)7(4-16)24-13/h5-13,15-23H,2-4H2,1H3/t5-,6+,7+,8+,9+,10+,11-,12+,13?/m0/s1. The van der Waals surface area contributed by atoms with Crippen LogP contribution in [0.2, 0.25) is 0 Å². The third kappa shape index (κ3) is 4.80. The SMILES string of the molecule is CN(C[C@H](O)[C@@H](O)[C@H](O)[C@H](O)CO)C1O[C@H](CO)[C@@H](O)[C@H](O)[C@H]1O. The van der Waals surface area contributed by atoms with E-state index in [1.165, 1.54) is 11.9 Å². The molecule has 0 radical (unpaired) electrons. The Labute approximate surface area is 138 Å². The maximum atomic E-state index is 9.95. The lowest BCUT2D eigenvalue weighted by atomic mass is 9.97. The summed E-state index contributed by atoms with van der Waals surface area (Å²) in [4.78, 5) is 1.20. The Morgan fingerprint density at radius 1 is 0.875 bits per heavy atom. The van der Waals surface area contributed by atoms with Gasteiger partial charge in [-0.05, 0) is 7.05 Å². The molecule has 1 saturated heterocycles. The van der Waals surface area contributed by atoms with E-state index in [0.717, 1.165) is 0 Å². The van der Waals surface area contributed by atoms with Crippen molar-refractivity contribution in [1.82, 2.24) is 4.90 Å². The van der Waals surface area contributed by atoms with Crippen molar-refractivity contribution in [3.63, 3.8) is 0 Å². The van der Waals surface area contributed by atoms with Gasteiger partial charge in [0, 0.05) is 6.54 Å². The summed E-state index contributed by atoms with van der Waals surface area (Å²) in [5.74, 6) is 0. The third-order valence-electron chi connectivity index (χ3n) is 4.10. The van der Waals surface area contributed by atoms with Gasteiger partial charge in [-0.2, -0.15) is 0 Å². The van der Waals surface area contributed by atoms with Crippen molar-refractivity contribution in [1.29, 1.82) is 0 Å². The van der Waals surface area contributed by atoms with Crippen LogP contribution in [0.4, 0.5) is 0 Å². The van der Waals surface area contributed by atoms with Crippen LogP contribution in [0.25, 0.3) is 0 Å². The molecule has 1 heterocycles. The predicted molar refractivity (Wildman–Crippen MR) is 77.5 cm³/mol. The molecule has 0 aromatic rings. The van der Waals surface area contributed by atoms with Gasteiger partial charge in [-0.25, -0.2) is 0 Å². The van der Waals surface area contributed by atoms with E-state index in [0.29, 0.717) is 0 Å². The molecule has 1 aliphatic heterocycles. The smallest absolute Gasteiger partial charge is 0.139 e. The Balaban J connectivity index is 2.70. The van der Waals surface area contributed by atoms with E-state index in [4.69, 9.17) is 14.9 Å². The lowest BCUT2D eigenvalue weighted by Crippen LogP contribution is -2.63. The maximum Gasteiger partial charge on any atom is 0.139 e. The van der Waals surface area contributed by atoms with Crippen molar-refractivity contribution in [3.05, 3.63) is 0 Å². The summed E-state index contributed by atoms with van der Waals surface area (Å²) >= 11 is 0. The van der Waals surface area contributed by atoms with Crippen molar-refractivity contribution < 1.29 is 50.7 Å². The Hall–Kier alpha value is -0.440. The summed E-state index contributed by atoms with van der Waals surface area (Å²) in [5, 5.41) is 85.7. The topological polar surface area (TPSA) is 195 Å². The first-order valence-electron chi connectivity index (χ1n) is 7.49. The normalized spacial score (nSPS) is 36.4. The molecule has 9 N–H and O–H groups in total. The van der Waals surface area contributed by atoms with Gasteiger partial charge in [0.25, 0.3) is 0 Å². The van der Waals surface area contributed by atoms with Crippen LogP contribution in [0.15, 0.2) is 0 Å². The molecule has 144 valence electrons. The van der Waals surface area contributed by atoms with Crippen molar-refractivity contribution >= 4 is 0 Å². The number of rotatable bonds is 8. The monoisotopic (exact) mass is 357 g/mol. The first-order chi connectivity index (χ1) is 11.1. The number of hydrogen-bond donors (Lipinski definition) is 9. The number of aliphatic hydroxyl groups is 9. The second-order valence-electron chi connectivity index (χ2n) is 5.96. The molecule has 1 fully saturated rings. The lowest BCUT2D eigenvalue weighted by molar-refractivity contribution is -0.265. The van der Waals surface area contributed by atoms with Crippen LogP contribution < -0.4 is 0 Å². The van der Waals surface area contributed by atoms with E-state index in [9.17, 15) is 35.7 Å². The van der Waals surface area contributed by atoms with Gasteiger partial charge in [0.1, 0.15) is 49.0 Å². The first kappa shape index (κ1) is 21.6. The second-order valence-corrected chi connectivity index (χ2v) is 5.96. The van der Waals surface area contributed by atoms with Gasteiger partial charge >= 0.3 is 0 Å². The van der Waals surface area contributed by atoms with Crippen LogP contribution in [0.3, 0.4) is 0 Å². The van der Waals surface area contributed by atoms with E-state index >= 15 is 0 Å². The zero-order chi connectivity index (χ0) is 18.6. The number of nitrogens with zero attached hydrogens (tertiary/aromatic N) is 1. The number of ether oxygens (including phenoxy) is 1. The molecule has 1 unspecified atom stereocenters. The van der Waals surface area contributed by atoms with Crippen molar-refractivity contribution in [2.75, 3.05) is 26.8 Å². The van der Waals surface area contributed by atoms with E-state index in [2.05, 4.69) is 0 Å². The van der Waals surface area contributed by atoms with Crippen molar-refractivity contribution in [2.45, 2.75) is 55.1 Å². The average Bonchev–Trinajstić information content (AvgIpc) is 2.57. The lowest BCUT2D eigenvalue weighted by Gasteiger charge is -2.44. The zero-order valence-electron chi connectivity index (χ0n) is 13.2. The summed E-state index contributed by atoms with van der Waals surface area (Å²) < 4.78 is 5.27. The largest absolute Gasteiger partial charge is 0.394 e. The Kier molecular flexibility index (Phi) is 8.38. The van der Waals surface area contributed by atoms with Crippen LogP contribution >= 0.6 is 0 Å². The minimum absolute atomic E-state index is 0.348. The molecule has 1 aliphatic rings. The minimum atomic E-state index is -1.80. The molecule has 1 rings (SSSR count). The molecular formula is C13H27NO10. The van der Waals surface area contributed by atoms with Crippen LogP contribution in [0, 0.1) is 0 Å². The van der Waals surface area contributed by atoms with Crippen LogP contribution in [0.5, 0.6) is 0 Å². The highest BCUT2D eigenvalue weighted by molar-refractivity contribution is 4.92. The summed E-state index contributed by atoms with van der Waals surface area (Å²) in [6.45, 7) is -1.77. The summed E-state index contributed by atoms with van der Waals surface area (Å²) in [5.41, 5.74) is 0. The zero-order valence-corrected chi connectivity index (χ0v) is 13.2. The number of hydrogen-bond acceptors (Lipinski definition) is 11. The molecule has 0 saturated carbocycles.